The molecule has 0 saturated carbocycles. The van der Waals surface area contributed by atoms with Gasteiger partial charge in [-0.2, -0.15) is 0 Å². The summed E-state index contributed by atoms with van der Waals surface area (Å²) < 4.78 is 5.36. The van der Waals surface area contributed by atoms with E-state index < -0.39 is 0 Å². The highest BCUT2D eigenvalue weighted by atomic mass is 32.1. The van der Waals surface area contributed by atoms with Gasteiger partial charge < -0.3 is 9.84 Å². The van der Waals surface area contributed by atoms with Crippen LogP contribution in [0.25, 0.3) is 21.7 Å². The van der Waals surface area contributed by atoms with E-state index in [1.807, 2.05) is 29.6 Å². The van der Waals surface area contributed by atoms with E-state index in [2.05, 4.69) is 20.4 Å². The lowest BCUT2D eigenvalue weighted by Crippen LogP contribution is -2.25. The highest BCUT2D eigenvalue weighted by Gasteiger charge is 2.15. The molecule has 1 N–H and O–H groups in total. The predicted molar refractivity (Wildman–Crippen MR) is 95.4 cm³/mol. The number of carbonyl (C=O) groups excluding carboxylic acids is 1. The maximum Gasteiger partial charge on any atom is 0.251 e. The third kappa shape index (κ3) is 3.27. The van der Waals surface area contributed by atoms with Crippen molar-refractivity contribution >= 4 is 28.2 Å². The predicted octanol–water partition coefficient (Wildman–Crippen LogP) is 3.32. The molecule has 0 radical (unpaired) electrons. The molecule has 0 spiro atoms. The molecule has 1 aromatic carbocycles. The fourth-order valence-electron chi connectivity index (χ4n) is 2.53. The highest BCUT2D eigenvalue weighted by Crippen LogP contribution is 2.29. The van der Waals surface area contributed by atoms with E-state index >= 15 is 0 Å². The highest BCUT2D eigenvalue weighted by molar-refractivity contribution is 7.13. The Bertz CT molecular complexity index is 997. The Kier molecular flexibility index (Phi) is 4.22. The van der Waals surface area contributed by atoms with Crippen molar-refractivity contribution in [1.29, 1.82) is 0 Å². The summed E-state index contributed by atoms with van der Waals surface area (Å²) in [5.41, 5.74) is 2.76. The molecule has 124 valence electrons. The fraction of sp³-hybridized carbons (Fsp3) is 0.111. The lowest BCUT2D eigenvalue weighted by molar-refractivity contribution is 0.0954. The van der Waals surface area contributed by atoms with E-state index in [4.69, 9.17) is 4.52 Å². The van der Waals surface area contributed by atoms with Crippen LogP contribution in [0.5, 0.6) is 0 Å². The molecule has 0 aliphatic heterocycles. The van der Waals surface area contributed by atoms with Crippen LogP contribution in [-0.4, -0.2) is 27.6 Å². The van der Waals surface area contributed by atoms with Crippen molar-refractivity contribution in [2.24, 2.45) is 0 Å². The number of aromatic nitrogens is 3. The Balaban J connectivity index is 1.47. The van der Waals surface area contributed by atoms with Crippen molar-refractivity contribution in [1.82, 2.24) is 20.4 Å². The van der Waals surface area contributed by atoms with Gasteiger partial charge in [0, 0.05) is 42.0 Å². The van der Waals surface area contributed by atoms with Gasteiger partial charge in [-0.25, -0.2) is 4.98 Å². The average Bonchev–Trinajstić information content (AvgIpc) is 3.31. The summed E-state index contributed by atoms with van der Waals surface area (Å²) in [5.74, 6) is -0.148. The summed E-state index contributed by atoms with van der Waals surface area (Å²) in [6, 6.07) is 11.1. The summed E-state index contributed by atoms with van der Waals surface area (Å²) in [4.78, 5) is 20.8. The maximum atomic E-state index is 12.3. The number of rotatable bonds is 5. The number of thiazole rings is 1. The van der Waals surface area contributed by atoms with Gasteiger partial charge in [0.25, 0.3) is 5.91 Å². The van der Waals surface area contributed by atoms with E-state index in [1.54, 1.807) is 24.5 Å². The maximum absolute atomic E-state index is 12.3. The molecule has 25 heavy (non-hydrogen) atoms. The van der Waals surface area contributed by atoms with E-state index in [0.717, 1.165) is 16.1 Å². The number of fused-ring (bicyclic) bond motifs is 1. The van der Waals surface area contributed by atoms with E-state index in [0.29, 0.717) is 29.8 Å². The van der Waals surface area contributed by atoms with Crippen LogP contribution in [0.15, 0.2) is 58.7 Å². The number of nitrogens with zero attached hydrogens (tertiary/aromatic N) is 3. The number of nitrogens with one attached hydrogen (secondary N) is 1. The average molecular weight is 350 g/mol. The number of pyridine rings is 1. The van der Waals surface area contributed by atoms with Crippen LogP contribution in [-0.2, 0) is 6.42 Å². The molecule has 1 amide bonds. The molecule has 0 unspecified atom stereocenters. The molecule has 0 aliphatic carbocycles. The Morgan fingerprint density at radius 1 is 1.16 bits per heavy atom. The molecule has 3 aromatic heterocycles. The molecule has 0 fully saturated rings. The second kappa shape index (κ2) is 6.82. The Hall–Kier alpha value is -3.06. The standard InChI is InChI=1S/C18H14N4O2S/c23-17(20-8-6-13-3-1-2-7-19-13)12-4-5-14-15(11-12)24-22-16(14)18-21-9-10-25-18/h1-5,7,9-11H,6,8H2,(H,20,23). The topological polar surface area (TPSA) is 80.9 Å². The Morgan fingerprint density at radius 3 is 2.92 bits per heavy atom. The van der Waals surface area contributed by atoms with Crippen LogP contribution in [0.3, 0.4) is 0 Å². The first-order valence-corrected chi connectivity index (χ1v) is 8.66. The molecular weight excluding hydrogens is 336 g/mol. The van der Waals surface area contributed by atoms with Gasteiger partial charge >= 0.3 is 0 Å². The van der Waals surface area contributed by atoms with Crippen LogP contribution < -0.4 is 5.32 Å². The molecule has 3 heterocycles. The van der Waals surface area contributed by atoms with Crippen LogP contribution in [0.1, 0.15) is 16.1 Å². The van der Waals surface area contributed by atoms with Crippen LogP contribution in [0.2, 0.25) is 0 Å². The first kappa shape index (κ1) is 15.5. The molecule has 7 heteroatoms. The van der Waals surface area contributed by atoms with Crippen molar-refractivity contribution in [2.75, 3.05) is 6.54 Å². The molecule has 4 aromatic rings. The summed E-state index contributed by atoms with van der Waals surface area (Å²) in [5, 5.41) is 10.5. The molecule has 0 saturated heterocycles. The number of carbonyl (C=O) groups is 1. The third-order valence-corrected chi connectivity index (χ3v) is 4.54. The number of amides is 1. The zero-order chi connectivity index (χ0) is 17.1. The SMILES string of the molecule is O=C(NCCc1ccccn1)c1ccc2c(-c3nccs3)noc2c1. The van der Waals surface area contributed by atoms with E-state index in [-0.39, 0.29) is 5.91 Å². The quantitative estimate of drug-likeness (QED) is 0.597. The minimum Gasteiger partial charge on any atom is -0.356 e. The van der Waals surface area contributed by atoms with Gasteiger partial charge in [0.1, 0.15) is 10.7 Å². The van der Waals surface area contributed by atoms with Crippen LogP contribution in [0, 0.1) is 0 Å². The monoisotopic (exact) mass is 350 g/mol. The Labute approximate surface area is 147 Å². The molecule has 0 bridgehead atoms. The van der Waals surface area contributed by atoms with Crippen molar-refractivity contribution < 1.29 is 9.32 Å². The fourth-order valence-corrected chi connectivity index (χ4v) is 3.16. The van der Waals surface area contributed by atoms with E-state index in [1.165, 1.54) is 11.3 Å². The summed E-state index contributed by atoms with van der Waals surface area (Å²) in [6.07, 6.45) is 4.16. The minimum atomic E-state index is -0.148. The molecule has 4 rings (SSSR count). The van der Waals surface area contributed by atoms with Crippen molar-refractivity contribution in [3.05, 3.63) is 65.4 Å². The van der Waals surface area contributed by atoms with Gasteiger partial charge in [-0.1, -0.05) is 11.2 Å². The van der Waals surface area contributed by atoms with Crippen molar-refractivity contribution in [3.63, 3.8) is 0 Å². The largest absolute Gasteiger partial charge is 0.356 e. The lowest BCUT2D eigenvalue weighted by atomic mass is 10.1. The minimum absolute atomic E-state index is 0.148. The summed E-state index contributed by atoms with van der Waals surface area (Å²) in [6.45, 7) is 0.522. The summed E-state index contributed by atoms with van der Waals surface area (Å²) >= 11 is 1.50. The van der Waals surface area contributed by atoms with Gasteiger partial charge in [0.15, 0.2) is 5.58 Å². The van der Waals surface area contributed by atoms with Crippen molar-refractivity contribution in [2.45, 2.75) is 6.42 Å². The summed E-state index contributed by atoms with van der Waals surface area (Å²) in [7, 11) is 0. The number of hydrogen-bond donors (Lipinski definition) is 1. The molecule has 6 nitrogen and oxygen atoms in total. The lowest BCUT2D eigenvalue weighted by Gasteiger charge is -2.05. The van der Waals surface area contributed by atoms with Gasteiger partial charge in [-0.15, -0.1) is 11.3 Å². The van der Waals surface area contributed by atoms with E-state index in [9.17, 15) is 4.79 Å². The number of benzene rings is 1. The zero-order valence-corrected chi connectivity index (χ0v) is 14.0. The number of hydrogen-bond acceptors (Lipinski definition) is 6. The van der Waals surface area contributed by atoms with Gasteiger partial charge in [-0.05, 0) is 30.3 Å². The smallest absolute Gasteiger partial charge is 0.251 e. The first-order chi connectivity index (χ1) is 12.3. The second-order valence-electron chi connectivity index (χ2n) is 5.41. The Morgan fingerprint density at radius 2 is 2.12 bits per heavy atom. The first-order valence-electron chi connectivity index (χ1n) is 7.79. The van der Waals surface area contributed by atoms with Crippen molar-refractivity contribution in [3.8, 4) is 10.7 Å². The van der Waals surface area contributed by atoms with Gasteiger partial charge in [0.2, 0.25) is 0 Å². The zero-order valence-electron chi connectivity index (χ0n) is 13.2. The second-order valence-corrected chi connectivity index (χ2v) is 6.30. The molecule has 0 aliphatic rings. The van der Waals surface area contributed by atoms with Crippen LogP contribution >= 0.6 is 11.3 Å². The molecule has 0 atom stereocenters. The molecular formula is C18H14N4O2S. The van der Waals surface area contributed by atoms with Gasteiger partial charge in [-0.3, -0.25) is 9.78 Å². The van der Waals surface area contributed by atoms with Gasteiger partial charge in [0.05, 0.1) is 5.39 Å². The normalized spacial score (nSPS) is 10.9. The van der Waals surface area contributed by atoms with Crippen LogP contribution in [0.4, 0.5) is 0 Å². The third-order valence-electron chi connectivity index (χ3n) is 3.76.